The molecule has 12 atom stereocenters. The van der Waals surface area contributed by atoms with Gasteiger partial charge in [0.15, 0.2) is 0 Å². The molecule has 9 amide bonds. The Morgan fingerprint density at radius 3 is 1.50 bits per heavy atom. The number of benzene rings is 6. The van der Waals surface area contributed by atoms with Crippen molar-refractivity contribution in [1.29, 1.82) is 0 Å². The van der Waals surface area contributed by atoms with E-state index in [0.717, 1.165) is 21.5 Å². The quantitative estimate of drug-likeness (QED) is 0.0650. The topological polar surface area (TPSA) is 361 Å². The first-order chi connectivity index (χ1) is 49.6. The van der Waals surface area contributed by atoms with Gasteiger partial charge in [0, 0.05) is 56.8 Å². The van der Waals surface area contributed by atoms with Crippen molar-refractivity contribution in [3.05, 3.63) is 173 Å². The second kappa shape index (κ2) is 35.1. The minimum absolute atomic E-state index is 0.0107. The second-order valence-corrected chi connectivity index (χ2v) is 28.4. The van der Waals surface area contributed by atoms with Gasteiger partial charge in [0.05, 0.1) is 24.8 Å². The summed E-state index contributed by atoms with van der Waals surface area (Å²) < 4.78 is 12.3. The summed E-state index contributed by atoms with van der Waals surface area (Å²) >= 11 is 0. The molecule has 6 heterocycles. The smallest absolute Gasteiger partial charge is 0.326 e. The fourth-order valence-electron chi connectivity index (χ4n) is 13.0. The third-order valence-electron chi connectivity index (χ3n) is 19.3. The van der Waals surface area contributed by atoms with E-state index in [9.17, 15) is 48.6 Å². The molecule has 104 heavy (non-hydrogen) atoms. The van der Waals surface area contributed by atoms with E-state index in [0.29, 0.717) is 28.0 Å². The highest BCUT2D eigenvalue weighted by atomic mass is 16.5. The van der Waals surface area contributed by atoms with Crippen LogP contribution >= 0.6 is 0 Å². The molecule has 26 heteroatoms. The van der Waals surface area contributed by atoms with Crippen molar-refractivity contribution in [2.75, 3.05) is 40.4 Å². The van der Waals surface area contributed by atoms with E-state index in [-0.39, 0.29) is 70.4 Å². The van der Waals surface area contributed by atoms with Crippen LogP contribution in [0.5, 0.6) is 5.75 Å². The van der Waals surface area contributed by atoms with Gasteiger partial charge in [0.1, 0.15) is 60.7 Å². The van der Waals surface area contributed by atoms with Gasteiger partial charge in [-0.2, -0.15) is 0 Å². The first-order valence-electron chi connectivity index (χ1n) is 35.1. The molecule has 0 radical (unpaired) electrons. The third kappa shape index (κ3) is 20.2. The molecule has 6 aromatic carbocycles. The van der Waals surface area contributed by atoms with Gasteiger partial charge < -0.3 is 77.3 Å². The van der Waals surface area contributed by atoms with Gasteiger partial charge in [-0.15, -0.1) is 0 Å². The van der Waals surface area contributed by atoms with Crippen LogP contribution in [0.3, 0.4) is 0 Å². The number of aliphatic carboxylic acids is 2. The molecule has 12 unspecified atom stereocenters. The van der Waals surface area contributed by atoms with Crippen LogP contribution < -0.4 is 52.6 Å². The number of likely N-dealkylation sites (N-methyl/N-ethyl adjacent to an activating group) is 2. The van der Waals surface area contributed by atoms with Gasteiger partial charge >= 0.3 is 11.9 Å². The molecule has 11 N–H and O–H groups in total. The van der Waals surface area contributed by atoms with Crippen LogP contribution in [0.1, 0.15) is 93.9 Å². The summed E-state index contributed by atoms with van der Waals surface area (Å²) in [5.41, 5.74) is 1.30. The predicted molar refractivity (Wildman–Crippen MR) is 390 cm³/mol. The van der Waals surface area contributed by atoms with Crippen molar-refractivity contribution in [2.24, 2.45) is 11.3 Å². The Morgan fingerprint density at radius 2 is 1.01 bits per heavy atom. The van der Waals surface area contributed by atoms with Gasteiger partial charge in [-0.05, 0) is 120 Å². The Balaban J connectivity index is 1.05. The highest BCUT2D eigenvalue weighted by Crippen LogP contribution is 2.29. The van der Waals surface area contributed by atoms with Crippen molar-refractivity contribution < 1.29 is 72.4 Å². The summed E-state index contributed by atoms with van der Waals surface area (Å²) in [6.45, 7) is 11.8. The molecule has 0 aliphatic carbocycles. The van der Waals surface area contributed by atoms with E-state index in [2.05, 4.69) is 47.9 Å². The summed E-state index contributed by atoms with van der Waals surface area (Å²) in [6.07, 6.45) is 1.75. The molecule has 0 spiro atoms. The molecular formula is C78H95N11O15. The van der Waals surface area contributed by atoms with Crippen LogP contribution in [0.25, 0.3) is 21.5 Å². The average Bonchev–Trinajstić information content (AvgIpc) is 1.65. The standard InChI is InChI=1S/C78H95N11O15/c1-44(2)65(86-67(90)45(3)79-8)74(97)89-43-58-41-64(89)73(96)83-60(39-50-23-27-52-17-11-13-19-55(52)35-50)71(94)84-61(76(99)100)36-47-20-28-53(29-21-47)69(92)81-56-40-63(88(42-56)75(98)66(78(5,6)7)87-68(91)46(4)80-9)72(95)82-59(38-49-22-26-51-16-10-12-18-54(51)34-49)70(93)85-62(77(101)102)37-48-24-30-57(31-25-48)103-32-14-15-33-104-58/h10-31,34-35,44-46,56,58-66,79-80H,32-33,36-43H2,1-9H3,(H,81,92)(H,82,95)(H,83,96)(H,84,94)(H,85,93)(H,86,90)(H,87,91)(H,99,100)(H,101,102). The molecule has 2 fully saturated rings. The lowest BCUT2D eigenvalue weighted by Gasteiger charge is -2.36. The van der Waals surface area contributed by atoms with Crippen molar-refractivity contribution in [3.63, 3.8) is 0 Å². The summed E-state index contributed by atoms with van der Waals surface area (Å²) in [4.78, 5) is 160. The lowest BCUT2D eigenvalue weighted by atomic mass is 9.85. The Labute approximate surface area is 604 Å². The van der Waals surface area contributed by atoms with Gasteiger partial charge in [-0.3, -0.25) is 43.2 Å². The molecule has 0 aromatic heterocycles. The largest absolute Gasteiger partial charge is 0.490 e. The minimum Gasteiger partial charge on any atom is -0.490 e. The first kappa shape index (κ1) is 77.6. The van der Waals surface area contributed by atoms with Crippen molar-refractivity contribution in [3.8, 4) is 5.75 Å². The Bertz CT molecular complexity index is 4160. The number of hydrogen-bond acceptors (Lipinski definition) is 15. The van der Waals surface area contributed by atoms with E-state index in [1.807, 2.05) is 72.8 Å². The number of carbonyl (C=O) groups excluding carboxylic acids is 9. The normalized spacial score (nSPS) is 22.4. The number of hydrogen-bond donors (Lipinski definition) is 11. The molecule has 6 aromatic rings. The zero-order valence-corrected chi connectivity index (χ0v) is 60.0. The van der Waals surface area contributed by atoms with Crippen molar-refractivity contribution in [2.45, 2.75) is 160 Å². The Hall–Kier alpha value is -10.6. The maximum atomic E-state index is 15.2. The molecule has 6 aliphatic heterocycles. The molecule has 2 saturated heterocycles. The number of likely N-dealkylation sites (tertiary alicyclic amines) is 2. The second-order valence-electron chi connectivity index (χ2n) is 28.4. The number of nitrogens with zero attached hydrogens (tertiary/aromatic N) is 2. The molecule has 0 saturated carbocycles. The zero-order valence-electron chi connectivity index (χ0n) is 60.0. The molecule has 6 aliphatic rings. The van der Waals surface area contributed by atoms with Crippen molar-refractivity contribution >= 4 is 86.6 Å². The van der Waals surface area contributed by atoms with E-state index in [1.54, 1.807) is 111 Å². The van der Waals surface area contributed by atoms with Crippen LogP contribution in [0.2, 0.25) is 0 Å². The number of carbonyl (C=O) groups is 11. The number of rotatable bonds is 15. The van der Waals surface area contributed by atoms with Crippen LogP contribution in [0.15, 0.2) is 146 Å². The summed E-state index contributed by atoms with van der Waals surface area (Å²) in [6, 6.07) is 25.5. The van der Waals surface area contributed by atoms with Crippen molar-refractivity contribution in [1.82, 2.24) is 57.7 Å². The third-order valence-corrected chi connectivity index (χ3v) is 19.3. The number of ether oxygens (including phenoxy) is 2. The van der Waals surface area contributed by atoms with E-state index in [1.165, 1.54) is 34.1 Å². The van der Waals surface area contributed by atoms with Gasteiger partial charge in [-0.25, -0.2) is 9.59 Å². The van der Waals surface area contributed by atoms with Crippen LogP contribution in [-0.2, 0) is 78.4 Å². The highest BCUT2D eigenvalue weighted by molar-refractivity contribution is 5.99. The van der Waals surface area contributed by atoms with E-state index < -0.39 is 149 Å². The van der Waals surface area contributed by atoms with E-state index in [4.69, 9.17) is 9.47 Å². The lowest BCUT2D eigenvalue weighted by molar-refractivity contribution is -0.145. The number of amides is 9. The van der Waals surface area contributed by atoms with Crippen LogP contribution in [0.4, 0.5) is 0 Å². The van der Waals surface area contributed by atoms with Crippen LogP contribution in [0, 0.1) is 11.3 Å². The number of carboxylic acid groups (broad SMARTS) is 2. The number of nitrogens with one attached hydrogen (secondary N) is 9. The maximum Gasteiger partial charge on any atom is 0.326 e. The lowest BCUT2D eigenvalue weighted by Crippen LogP contribution is -2.61. The summed E-state index contributed by atoms with van der Waals surface area (Å²) in [5, 5.41) is 50.3. The monoisotopic (exact) mass is 1430 g/mol. The van der Waals surface area contributed by atoms with E-state index >= 15 is 14.4 Å². The summed E-state index contributed by atoms with van der Waals surface area (Å²) in [5.74, 6) is -8.85. The maximum absolute atomic E-state index is 15.2. The molecule has 8 bridgehead atoms. The molecular weight excluding hydrogens is 1330 g/mol. The Morgan fingerprint density at radius 1 is 0.538 bits per heavy atom. The fourth-order valence-corrected chi connectivity index (χ4v) is 13.0. The molecule has 552 valence electrons. The van der Waals surface area contributed by atoms with Crippen LogP contribution in [-0.4, -0.2) is 198 Å². The zero-order chi connectivity index (χ0) is 75.1. The van der Waals surface area contributed by atoms with Gasteiger partial charge in [-0.1, -0.05) is 150 Å². The molecule has 12 rings (SSSR count). The fraction of sp³-hybridized carbons (Fsp3) is 0.423. The number of fused-ring (bicyclic) bond motifs is 2. The average molecular weight is 1430 g/mol. The number of carboxylic acids is 2. The summed E-state index contributed by atoms with van der Waals surface area (Å²) in [7, 11) is 3.19. The Kier molecular flexibility index (Phi) is 26.2. The molecule has 26 nitrogen and oxygen atoms in total. The predicted octanol–water partition coefficient (Wildman–Crippen LogP) is 3.89. The minimum atomic E-state index is -1.59. The first-order valence-corrected chi connectivity index (χ1v) is 35.1. The van der Waals surface area contributed by atoms with Gasteiger partial charge in [0.25, 0.3) is 5.91 Å². The highest BCUT2D eigenvalue weighted by Gasteiger charge is 2.48. The SMILES string of the molecule is CNC(C)C(=O)NC(C(=O)N1CC2CC1C(=O)NC(Cc1ccc3ccccc3c1)C(=O)NC(C(=O)O)Cc1ccc(cc1)C(=O)NC1CC(C(=O)NC(Cc3ccc4ccccc4c3)C(=O)NC(C(=O)O)Cc3ccc(cc3)OCC=CCO2)N(C(=O)C(NC(=O)C(C)NC)C(C)(C)C)C1)C(C)C. The van der Waals surface area contributed by atoms with Gasteiger partial charge in [0.2, 0.25) is 47.3 Å².